The van der Waals surface area contributed by atoms with Crippen LogP contribution in [0.4, 0.5) is 0 Å². The van der Waals surface area contributed by atoms with E-state index >= 15 is 0 Å². The highest BCUT2D eigenvalue weighted by Gasteiger charge is 2.10. The number of rotatable bonds is 2. The summed E-state index contributed by atoms with van der Waals surface area (Å²) in [5.41, 5.74) is 2.01. The molecule has 0 atom stereocenters. The number of carbonyl (C=O) groups is 1. The van der Waals surface area contributed by atoms with E-state index in [0.29, 0.717) is 12.3 Å². The van der Waals surface area contributed by atoms with Gasteiger partial charge in [-0.15, -0.1) is 0 Å². The van der Waals surface area contributed by atoms with E-state index in [1.54, 1.807) is 6.92 Å². The van der Waals surface area contributed by atoms with Crippen molar-refractivity contribution in [2.75, 3.05) is 0 Å². The van der Waals surface area contributed by atoms with Crippen LogP contribution in [0.25, 0.3) is 5.52 Å². The lowest BCUT2D eigenvalue weighted by atomic mass is 10.3. The molecule has 0 saturated heterocycles. The average molecular weight is 203 g/mol. The van der Waals surface area contributed by atoms with Gasteiger partial charge in [-0.1, -0.05) is 13.0 Å². The van der Waals surface area contributed by atoms with Gasteiger partial charge in [0.15, 0.2) is 0 Å². The number of hydrogen-bond acceptors (Lipinski definition) is 2. The maximum Gasteiger partial charge on any atom is 0.312 e. The fourth-order valence-electron chi connectivity index (χ4n) is 1.54. The minimum Gasteiger partial charge on any atom is -0.409 e. The highest BCUT2D eigenvalue weighted by atomic mass is 16.5. The van der Waals surface area contributed by atoms with Gasteiger partial charge in [0.1, 0.15) is 0 Å². The number of esters is 1. The van der Waals surface area contributed by atoms with Crippen molar-refractivity contribution in [2.45, 2.75) is 20.3 Å². The summed E-state index contributed by atoms with van der Waals surface area (Å²) in [6, 6.07) is 7.85. The monoisotopic (exact) mass is 203 g/mol. The highest BCUT2D eigenvalue weighted by Crippen LogP contribution is 2.23. The second-order valence-electron chi connectivity index (χ2n) is 3.46. The third-order valence-electron chi connectivity index (χ3n) is 2.31. The summed E-state index contributed by atoms with van der Waals surface area (Å²) in [6.07, 6.45) is 2.28. The molecule has 3 heteroatoms. The van der Waals surface area contributed by atoms with Crippen LogP contribution in [0.15, 0.2) is 30.5 Å². The molecule has 78 valence electrons. The van der Waals surface area contributed by atoms with Crippen LogP contribution >= 0.6 is 0 Å². The molecular formula is C12H13NO2. The van der Waals surface area contributed by atoms with Gasteiger partial charge in [-0.2, -0.15) is 0 Å². The van der Waals surface area contributed by atoms with Crippen molar-refractivity contribution < 1.29 is 9.53 Å². The molecule has 15 heavy (non-hydrogen) atoms. The lowest BCUT2D eigenvalue weighted by Gasteiger charge is -2.04. The van der Waals surface area contributed by atoms with Crippen LogP contribution in [0.5, 0.6) is 5.88 Å². The van der Waals surface area contributed by atoms with Gasteiger partial charge in [0, 0.05) is 23.7 Å². The molecule has 0 aliphatic carbocycles. The molecule has 0 amide bonds. The number of aromatic nitrogens is 1. The molecule has 2 aromatic rings. The highest BCUT2D eigenvalue weighted by molar-refractivity contribution is 5.73. The normalized spacial score (nSPS) is 10.5. The van der Waals surface area contributed by atoms with Crippen molar-refractivity contribution in [1.29, 1.82) is 0 Å². The largest absolute Gasteiger partial charge is 0.409 e. The molecule has 3 nitrogen and oxygen atoms in total. The number of pyridine rings is 1. The summed E-state index contributed by atoms with van der Waals surface area (Å²) in [5, 5.41) is 0. The molecule has 0 bridgehead atoms. The van der Waals surface area contributed by atoms with Crippen molar-refractivity contribution in [1.82, 2.24) is 4.40 Å². The predicted octanol–water partition coefficient (Wildman–Crippen LogP) is 2.56. The Morgan fingerprint density at radius 1 is 1.47 bits per heavy atom. The first-order valence-electron chi connectivity index (χ1n) is 4.99. The van der Waals surface area contributed by atoms with Gasteiger partial charge in [0.05, 0.1) is 0 Å². The minimum absolute atomic E-state index is 0.207. The molecule has 2 heterocycles. The third-order valence-corrected chi connectivity index (χ3v) is 2.31. The van der Waals surface area contributed by atoms with Crippen molar-refractivity contribution in [3.8, 4) is 5.88 Å². The molecule has 0 aliphatic heterocycles. The van der Waals surface area contributed by atoms with Gasteiger partial charge in [0.2, 0.25) is 5.88 Å². The first-order chi connectivity index (χ1) is 7.22. The van der Waals surface area contributed by atoms with Crippen molar-refractivity contribution in [3.05, 3.63) is 36.0 Å². The summed E-state index contributed by atoms with van der Waals surface area (Å²) in [7, 11) is 0. The molecule has 0 radical (unpaired) electrons. The minimum atomic E-state index is -0.207. The van der Waals surface area contributed by atoms with Gasteiger partial charge in [-0.25, -0.2) is 0 Å². The van der Waals surface area contributed by atoms with Crippen molar-refractivity contribution >= 4 is 11.5 Å². The zero-order chi connectivity index (χ0) is 10.8. The molecule has 0 unspecified atom stereocenters. The smallest absolute Gasteiger partial charge is 0.312 e. The van der Waals surface area contributed by atoms with Crippen LogP contribution in [0, 0.1) is 6.92 Å². The van der Waals surface area contributed by atoms with Crippen LogP contribution in [-0.2, 0) is 4.79 Å². The van der Waals surface area contributed by atoms with E-state index in [1.165, 1.54) is 0 Å². The fraction of sp³-hybridized carbons (Fsp3) is 0.250. The van der Waals surface area contributed by atoms with Crippen LogP contribution in [-0.4, -0.2) is 10.4 Å². The number of carbonyl (C=O) groups excluding carboxylic acids is 1. The van der Waals surface area contributed by atoms with E-state index in [9.17, 15) is 4.79 Å². The number of nitrogens with zero attached hydrogens (tertiary/aromatic N) is 1. The topological polar surface area (TPSA) is 30.7 Å². The van der Waals surface area contributed by atoms with Crippen LogP contribution < -0.4 is 4.74 Å². The molecule has 2 rings (SSSR count). The molecular weight excluding hydrogens is 190 g/mol. The second kappa shape index (κ2) is 3.77. The SMILES string of the molecule is CCC(=O)Oc1c(C)cc2ccccn12. The molecule has 0 N–H and O–H groups in total. The van der Waals surface area contributed by atoms with Crippen molar-refractivity contribution in [2.24, 2.45) is 0 Å². The Hall–Kier alpha value is -1.77. The van der Waals surface area contributed by atoms with Gasteiger partial charge in [-0.05, 0) is 25.1 Å². The maximum atomic E-state index is 11.2. The lowest BCUT2D eigenvalue weighted by molar-refractivity contribution is -0.134. The molecule has 0 spiro atoms. The van der Waals surface area contributed by atoms with E-state index in [0.717, 1.165) is 11.1 Å². The van der Waals surface area contributed by atoms with Crippen LogP contribution in [0.2, 0.25) is 0 Å². The lowest BCUT2D eigenvalue weighted by Crippen LogP contribution is -2.07. The third kappa shape index (κ3) is 1.73. The number of aryl methyl sites for hydroxylation is 1. The van der Waals surface area contributed by atoms with Gasteiger partial charge in [-0.3, -0.25) is 9.20 Å². The standard InChI is InChI=1S/C12H13NO2/c1-3-11(14)15-12-9(2)8-10-6-4-5-7-13(10)12/h4-8H,3H2,1-2H3. The first-order valence-corrected chi connectivity index (χ1v) is 4.99. The Balaban J connectivity index is 2.49. The molecule has 0 aromatic carbocycles. The van der Waals surface area contributed by atoms with E-state index in [-0.39, 0.29) is 5.97 Å². The Bertz CT molecular complexity index is 499. The summed E-state index contributed by atoms with van der Waals surface area (Å²) in [6.45, 7) is 3.72. The second-order valence-corrected chi connectivity index (χ2v) is 3.46. The van der Waals surface area contributed by atoms with Crippen molar-refractivity contribution in [3.63, 3.8) is 0 Å². The summed E-state index contributed by atoms with van der Waals surface area (Å²) in [4.78, 5) is 11.2. The number of hydrogen-bond donors (Lipinski definition) is 0. The fourth-order valence-corrected chi connectivity index (χ4v) is 1.54. The zero-order valence-electron chi connectivity index (χ0n) is 8.86. The Morgan fingerprint density at radius 3 is 3.00 bits per heavy atom. The Kier molecular flexibility index (Phi) is 2.46. The maximum absolute atomic E-state index is 11.2. The average Bonchev–Trinajstić information content (AvgIpc) is 2.55. The van der Waals surface area contributed by atoms with Crippen LogP contribution in [0.3, 0.4) is 0 Å². The quantitative estimate of drug-likeness (QED) is 0.702. The predicted molar refractivity (Wildman–Crippen MR) is 58.1 cm³/mol. The van der Waals surface area contributed by atoms with Gasteiger partial charge < -0.3 is 4.74 Å². The molecule has 2 aromatic heterocycles. The number of fused-ring (bicyclic) bond motifs is 1. The van der Waals surface area contributed by atoms with E-state index < -0.39 is 0 Å². The molecule has 0 saturated carbocycles. The summed E-state index contributed by atoms with van der Waals surface area (Å²) < 4.78 is 7.15. The zero-order valence-corrected chi connectivity index (χ0v) is 8.86. The van der Waals surface area contributed by atoms with E-state index in [4.69, 9.17) is 4.74 Å². The summed E-state index contributed by atoms with van der Waals surface area (Å²) >= 11 is 0. The van der Waals surface area contributed by atoms with Gasteiger partial charge >= 0.3 is 5.97 Å². The Morgan fingerprint density at radius 2 is 2.27 bits per heavy atom. The first kappa shape index (κ1) is 9.77. The van der Waals surface area contributed by atoms with E-state index in [1.807, 2.05) is 41.8 Å². The van der Waals surface area contributed by atoms with Crippen LogP contribution in [0.1, 0.15) is 18.9 Å². The molecule has 0 fully saturated rings. The molecule has 0 aliphatic rings. The Labute approximate surface area is 88.3 Å². The number of ether oxygens (including phenoxy) is 1. The van der Waals surface area contributed by atoms with Gasteiger partial charge in [0.25, 0.3) is 0 Å². The summed E-state index contributed by atoms with van der Waals surface area (Å²) in [5.74, 6) is 0.416. The van der Waals surface area contributed by atoms with E-state index in [2.05, 4.69) is 0 Å².